The standard InChI is InChI=1S/C12H11NOS/c1-8-4-6-15-12(8)10-3-5-13-11(7-10)9(2)14/h3-7H,1-2H3. The van der Waals surface area contributed by atoms with Crippen LogP contribution in [-0.4, -0.2) is 10.8 Å². The Balaban J connectivity index is 2.50. The number of hydrogen-bond acceptors (Lipinski definition) is 3. The highest BCUT2D eigenvalue weighted by molar-refractivity contribution is 7.13. The van der Waals surface area contributed by atoms with E-state index in [2.05, 4.69) is 23.4 Å². The van der Waals surface area contributed by atoms with Crippen LogP contribution in [0, 0.1) is 6.92 Å². The minimum absolute atomic E-state index is 0.00561. The summed E-state index contributed by atoms with van der Waals surface area (Å²) in [6, 6.07) is 5.86. The molecule has 0 spiro atoms. The van der Waals surface area contributed by atoms with Gasteiger partial charge in [0.15, 0.2) is 5.78 Å². The third-order valence-corrected chi connectivity index (χ3v) is 3.31. The molecule has 3 heteroatoms. The summed E-state index contributed by atoms with van der Waals surface area (Å²) in [6.07, 6.45) is 1.69. The minimum atomic E-state index is 0.00561. The Labute approximate surface area is 92.6 Å². The first-order valence-corrected chi connectivity index (χ1v) is 5.58. The van der Waals surface area contributed by atoms with E-state index in [0.717, 1.165) is 5.56 Å². The van der Waals surface area contributed by atoms with Gasteiger partial charge >= 0.3 is 0 Å². The van der Waals surface area contributed by atoms with Crippen molar-refractivity contribution in [1.29, 1.82) is 0 Å². The number of aromatic nitrogens is 1. The molecule has 0 aliphatic heterocycles. The van der Waals surface area contributed by atoms with Gasteiger partial charge in [-0.2, -0.15) is 0 Å². The third kappa shape index (κ3) is 1.97. The van der Waals surface area contributed by atoms with E-state index in [9.17, 15) is 4.79 Å². The number of nitrogens with zero attached hydrogens (tertiary/aromatic N) is 1. The summed E-state index contributed by atoms with van der Waals surface area (Å²) in [4.78, 5) is 16.4. The van der Waals surface area contributed by atoms with E-state index in [-0.39, 0.29) is 5.78 Å². The summed E-state index contributed by atoms with van der Waals surface area (Å²) in [7, 11) is 0. The van der Waals surface area contributed by atoms with Crippen molar-refractivity contribution in [2.24, 2.45) is 0 Å². The number of carbonyl (C=O) groups is 1. The highest BCUT2D eigenvalue weighted by Gasteiger charge is 2.06. The van der Waals surface area contributed by atoms with Crippen LogP contribution < -0.4 is 0 Å². The van der Waals surface area contributed by atoms with E-state index in [1.165, 1.54) is 17.4 Å². The molecule has 2 aromatic rings. The topological polar surface area (TPSA) is 30.0 Å². The molecule has 0 aliphatic rings. The maximum absolute atomic E-state index is 11.2. The fraction of sp³-hybridized carbons (Fsp3) is 0.167. The molecule has 0 unspecified atom stereocenters. The molecule has 76 valence electrons. The number of ketones is 1. The molecular weight excluding hydrogens is 206 g/mol. The number of carbonyl (C=O) groups excluding carboxylic acids is 1. The van der Waals surface area contributed by atoms with E-state index < -0.39 is 0 Å². The van der Waals surface area contributed by atoms with Crippen molar-refractivity contribution in [3.05, 3.63) is 41.0 Å². The van der Waals surface area contributed by atoms with E-state index in [0.29, 0.717) is 5.69 Å². The Hall–Kier alpha value is -1.48. The average Bonchev–Trinajstić information content (AvgIpc) is 2.64. The van der Waals surface area contributed by atoms with Crippen molar-refractivity contribution in [2.45, 2.75) is 13.8 Å². The molecule has 0 N–H and O–H groups in total. The average molecular weight is 217 g/mol. The van der Waals surface area contributed by atoms with Gasteiger partial charge in [-0.25, -0.2) is 0 Å². The van der Waals surface area contributed by atoms with Crippen LogP contribution >= 0.6 is 11.3 Å². The molecule has 0 fully saturated rings. The molecule has 0 amide bonds. The van der Waals surface area contributed by atoms with E-state index >= 15 is 0 Å². The van der Waals surface area contributed by atoms with Gasteiger partial charge in [-0.05, 0) is 41.6 Å². The molecule has 0 aliphatic carbocycles. The Kier molecular flexibility index (Phi) is 2.64. The summed E-state index contributed by atoms with van der Waals surface area (Å²) in [5, 5.41) is 2.05. The van der Waals surface area contributed by atoms with Gasteiger partial charge in [0.05, 0.1) is 0 Å². The van der Waals surface area contributed by atoms with Crippen LogP contribution in [0.25, 0.3) is 10.4 Å². The zero-order valence-electron chi connectivity index (χ0n) is 8.65. The molecule has 0 bridgehead atoms. The van der Waals surface area contributed by atoms with Crippen molar-refractivity contribution >= 4 is 17.1 Å². The number of hydrogen-bond donors (Lipinski definition) is 0. The largest absolute Gasteiger partial charge is 0.293 e. The van der Waals surface area contributed by atoms with Crippen LogP contribution in [0.4, 0.5) is 0 Å². The lowest BCUT2D eigenvalue weighted by atomic mass is 10.1. The van der Waals surface area contributed by atoms with Gasteiger partial charge < -0.3 is 0 Å². The monoisotopic (exact) mass is 217 g/mol. The molecule has 15 heavy (non-hydrogen) atoms. The van der Waals surface area contributed by atoms with Crippen LogP contribution in [0.1, 0.15) is 23.0 Å². The van der Waals surface area contributed by atoms with Gasteiger partial charge in [-0.1, -0.05) is 0 Å². The second-order valence-corrected chi connectivity index (χ2v) is 4.33. The summed E-state index contributed by atoms with van der Waals surface area (Å²) in [5.74, 6) is 0.00561. The predicted molar refractivity (Wildman–Crippen MR) is 62.3 cm³/mol. The van der Waals surface area contributed by atoms with E-state index in [1.54, 1.807) is 17.5 Å². The van der Waals surface area contributed by atoms with Gasteiger partial charge in [0.1, 0.15) is 5.69 Å². The molecule has 2 heterocycles. The summed E-state index contributed by atoms with van der Waals surface area (Å²) in [6.45, 7) is 3.60. The van der Waals surface area contributed by atoms with Crippen molar-refractivity contribution in [3.63, 3.8) is 0 Å². The Morgan fingerprint density at radius 2 is 2.20 bits per heavy atom. The number of Topliss-reactive ketones (excluding diaryl/α,β-unsaturated/α-hetero) is 1. The van der Waals surface area contributed by atoms with Crippen molar-refractivity contribution in [3.8, 4) is 10.4 Å². The molecule has 0 saturated heterocycles. The fourth-order valence-corrected chi connectivity index (χ4v) is 2.36. The van der Waals surface area contributed by atoms with Crippen LogP contribution in [0.2, 0.25) is 0 Å². The molecular formula is C12H11NOS. The molecule has 0 aromatic carbocycles. The molecule has 0 saturated carbocycles. The minimum Gasteiger partial charge on any atom is -0.293 e. The second-order valence-electron chi connectivity index (χ2n) is 3.42. The van der Waals surface area contributed by atoms with Crippen LogP contribution in [0.5, 0.6) is 0 Å². The molecule has 2 rings (SSSR count). The van der Waals surface area contributed by atoms with Gasteiger partial charge in [-0.15, -0.1) is 11.3 Å². The lowest BCUT2D eigenvalue weighted by Gasteiger charge is -2.01. The lowest BCUT2D eigenvalue weighted by molar-refractivity contribution is 0.101. The number of aryl methyl sites for hydroxylation is 1. The maximum Gasteiger partial charge on any atom is 0.178 e. The van der Waals surface area contributed by atoms with Crippen molar-refractivity contribution in [1.82, 2.24) is 4.98 Å². The first-order chi connectivity index (χ1) is 7.18. The number of pyridine rings is 1. The Morgan fingerprint density at radius 3 is 2.80 bits per heavy atom. The summed E-state index contributed by atoms with van der Waals surface area (Å²) >= 11 is 1.68. The van der Waals surface area contributed by atoms with Gasteiger partial charge in [0.2, 0.25) is 0 Å². The lowest BCUT2D eigenvalue weighted by Crippen LogP contribution is -1.95. The van der Waals surface area contributed by atoms with Gasteiger partial charge in [0.25, 0.3) is 0 Å². The quantitative estimate of drug-likeness (QED) is 0.722. The SMILES string of the molecule is CC(=O)c1cc(-c2sccc2C)ccn1. The molecule has 0 atom stereocenters. The highest BCUT2D eigenvalue weighted by atomic mass is 32.1. The zero-order valence-corrected chi connectivity index (χ0v) is 9.47. The van der Waals surface area contributed by atoms with Crippen LogP contribution in [0.15, 0.2) is 29.8 Å². The van der Waals surface area contributed by atoms with Crippen molar-refractivity contribution < 1.29 is 4.79 Å². The van der Waals surface area contributed by atoms with E-state index in [1.807, 2.05) is 12.1 Å². The number of thiophene rings is 1. The first kappa shape index (κ1) is 10.1. The fourth-order valence-electron chi connectivity index (χ4n) is 1.43. The smallest absolute Gasteiger partial charge is 0.178 e. The van der Waals surface area contributed by atoms with Gasteiger partial charge in [0, 0.05) is 18.0 Å². The molecule has 2 aromatic heterocycles. The van der Waals surface area contributed by atoms with Gasteiger partial charge in [-0.3, -0.25) is 9.78 Å². The molecule has 2 nitrogen and oxygen atoms in total. The van der Waals surface area contributed by atoms with E-state index in [4.69, 9.17) is 0 Å². The normalized spacial score (nSPS) is 10.3. The predicted octanol–water partition coefficient (Wildman–Crippen LogP) is 3.32. The summed E-state index contributed by atoms with van der Waals surface area (Å²) in [5.41, 5.74) is 2.84. The number of rotatable bonds is 2. The highest BCUT2D eigenvalue weighted by Crippen LogP contribution is 2.28. The molecule has 0 radical (unpaired) electrons. The Bertz CT molecular complexity index is 502. The third-order valence-electron chi connectivity index (χ3n) is 2.24. The van der Waals surface area contributed by atoms with Crippen molar-refractivity contribution in [2.75, 3.05) is 0 Å². The Morgan fingerprint density at radius 1 is 1.40 bits per heavy atom. The second kappa shape index (κ2) is 3.95. The summed E-state index contributed by atoms with van der Waals surface area (Å²) < 4.78 is 0. The van der Waals surface area contributed by atoms with Crippen LogP contribution in [0.3, 0.4) is 0 Å². The van der Waals surface area contributed by atoms with Crippen LogP contribution in [-0.2, 0) is 0 Å². The maximum atomic E-state index is 11.2. The zero-order chi connectivity index (χ0) is 10.8. The first-order valence-electron chi connectivity index (χ1n) is 4.70.